The Kier molecular flexibility index (Phi) is 9.04. The van der Waals surface area contributed by atoms with Crippen LogP contribution in [0.25, 0.3) is 10.6 Å². The number of halogens is 2. The van der Waals surface area contributed by atoms with Crippen molar-refractivity contribution in [1.29, 1.82) is 0 Å². The second-order valence-electron chi connectivity index (χ2n) is 6.67. The third kappa shape index (κ3) is 5.19. The third-order valence-electron chi connectivity index (χ3n) is 4.74. The van der Waals surface area contributed by atoms with Gasteiger partial charge in [0.1, 0.15) is 10.7 Å². The molecule has 0 spiro atoms. The maximum atomic E-state index is 12.6. The van der Waals surface area contributed by atoms with Crippen LogP contribution in [0.15, 0.2) is 29.6 Å². The molecule has 0 aliphatic carbocycles. The van der Waals surface area contributed by atoms with Crippen molar-refractivity contribution in [1.82, 2.24) is 15.2 Å². The van der Waals surface area contributed by atoms with E-state index in [4.69, 9.17) is 0 Å². The summed E-state index contributed by atoms with van der Waals surface area (Å²) in [4.78, 5) is 19.1. The van der Waals surface area contributed by atoms with Crippen LogP contribution in [0.4, 0.5) is 0 Å². The number of hydrogen-bond donors (Lipinski definition) is 1. The molecule has 0 atom stereocenters. The fourth-order valence-corrected chi connectivity index (χ4v) is 3.85. The number of benzene rings is 1. The molecular formula is C19H27Cl2N3OS. The van der Waals surface area contributed by atoms with Gasteiger partial charge in [-0.1, -0.05) is 38.1 Å². The second kappa shape index (κ2) is 10.3. The van der Waals surface area contributed by atoms with Crippen LogP contribution in [0.5, 0.6) is 0 Å². The quantitative estimate of drug-likeness (QED) is 0.792. The van der Waals surface area contributed by atoms with Crippen LogP contribution in [0, 0.1) is 0 Å². The highest BCUT2D eigenvalue weighted by Crippen LogP contribution is 2.26. The number of hydrogen-bond acceptors (Lipinski definition) is 4. The third-order valence-corrected chi connectivity index (χ3v) is 5.63. The summed E-state index contributed by atoms with van der Waals surface area (Å²) in [5, 5.41) is 6.09. The van der Waals surface area contributed by atoms with Gasteiger partial charge in [-0.15, -0.1) is 36.2 Å². The normalized spacial score (nSPS) is 14.7. The van der Waals surface area contributed by atoms with Gasteiger partial charge in [0.05, 0.1) is 0 Å². The van der Waals surface area contributed by atoms with Gasteiger partial charge < -0.3 is 10.2 Å². The molecule has 3 rings (SSSR count). The Bertz CT molecular complexity index is 695. The van der Waals surface area contributed by atoms with E-state index >= 15 is 0 Å². The Labute approximate surface area is 172 Å². The summed E-state index contributed by atoms with van der Waals surface area (Å²) in [5.41, 5.74) is 2.97. The van der Waals surface area contributed by atoms with Crippen molar-refractivity contribution >= 4 is 42.1 Å². The fraction of sp³-hybridized carbons (Fsp3) is 0.474. The lowest BCUT2D eigenvalue weighted by molar-refractivity contribution is 0.0702. The minimum absolute atomic E-state index is 0. The summed E-state index contributed by atoms with van der Waals surface area (Å²) in [6, 6.07) is 9.01. The van der Waals surface area contributed by atoms with Gasteiger partial charge >= 0.3 is 0 Å². The van der Waals surface area contributed by atoms with Crippen molar-refractivity contribution in [2.24, 2.45) is 0 Å². The van der Waals surface area contributed by atoms with Crippen LogP contribution in [-0.4, -0.2) is 42.0 Å². The summed E-state index contributed by atoms with van der Waals surface area (Å²) < 4.78 is 0. The molecule has 2 aromatic rings. The lowest BCUT2D eigenvalue weighted by Gasteiger charge is -2.31. The minimum Gasteiger partial charge on any atom is -0.337 e. The van der Waals surface area contributed by atoms with Gasteiger partial charge in [0.15, 0.2) is 0 Å². The van der Waals surface area contributed by atoms with Gasteiger partial charge in [-0.2, -0.15) is 0 Å². The summed E-state index contributed by atoms with van der Waals surface area (Å²) >= 11 is 1.54. The fourth-order valence-electron chi connectivity index (χ4n) is 3.05. The van der Waals surface area contributed by atoms with Crippen LogP contribution < -0.4 is 5.32 Å². The average molecular weight is 416 g/mol. The summed E-state index contributed by atoms with van der Waals surface area (Å²) in [6.07, 6.45) is 2.02. The Morgan fingerprint density at radius 1 is 1.19 bits per heavy atom. The molecule has 1 fully saturated rings. The van der Waals surface area contributed by atoms with Crippen molar-refractivity contribution in [2.45, 2.75) is 38.6 Å². The van der Waals surface area contributed by atoms with E-state index in [1.54, 1.807) is 11.3 Å². The first kappa shape index (κ1) is 22.9. The number of amides is 1. The first-order chi connectivity index (χ1) is 11.6. The van der Waals surface area contributed by atoms with E-state index in [1.165, 1.54) is 5.56 Å². The molecule has 0 saturated carbocycles. The smallest absolute Gasteiger partial charge is 0.273 e. The number of nitrogens with one attached hydrogen (secondary N) is 1. The number of carbonyl (C=O) groups is 1. The number of likely N-dealkylation sites (tertiary alicyclic amines) is 1. The van der Waals surface area contributed by atoms with Crippen molar-refractivity contribution in [3.8, 4) is 10.6 Å². The topological polar surface area (TPSA) is 45.2 Å². The van der Waals surface area contributed by atoms with Crippen LogP contribution in [0.1, 0.15) is 48.7 Å². The van der Waals surface area contributed by atoms with Crippen molar-refractivity contribution in [3.05, 3.63) is 40.9 Å². The zero-order valence-corrected chi connectivity index (χ0v) is 17.8. The van der Waals surface area contributed by atoms with E-state index in [1.807, 2.05) is 17.3 Å². The first-order valence-electron chi connectivity index (χ1n) is 8.61. The zero-order valence-electron chi connectivity index (χ0n) is 15.4. The monoisotopic (exact) mass is 415 g/mol. The maximum absolute atomic E-state index is 12.6. The maximum Gasteiger partial charge on any atom is 0.273 e. The van der Waals surface area contributed by atoms with Crippen molar-refractivity contribution < 1.29 is 4.79 Å². The van der Waals surface area contributed by atoms with Crippen LogP contribution >= 0.6 is 36.2 Å². The molecule has 0 radical (unpaired) electrons. The highest BCUT2D eigenvalue weighted by Gasteiger charge is 2.24. The van der Waals surface area contributed by atoms with E-state index in [0.29, 0.717) is 17.7 Å². The largest absolute Gasteiger partial charge is 0.337 e. The SMILES string of the molecule is CNC1CCN(C(=O)c2csc(-c3ccc(C(C)C)cc3)n2)CC1.Cl.Cl. The Morgan fingerprint density at radius 2 is 1.81 bits per heavy atom. The van der Waals surface area contributed by atoms with Gasteiger partial charge in [-0.3, -0.25) is 4.79 Å². The molecule has 1 aliphatic rings. The van der Waals surface area contributed by atoms with E-state index in [0.717, 1.165) is 36.5 Å². The van der Waals surface area contributed by atoms with E-state index in [-0.39, 0.29) is 30.7 Å². The second-order valence-corrected chi connectivity index (χ2v) is 7.53. The van der Waals surface area contributed by atoms with Gasteiger partial charge in [0, 0.05) is 30.1 Å². The lowest BCUT2D eigenvalue weighted by atomic mass is 10.0. The molecular weight excluding hydrogens is 389 g/mol. The number of nitrogens with zero attached hydrogens (tertiary/aromatic N) is 2. The summed E-state index contributed by atoms with van der Waals surface area (Å²) in [6.45, 7) is 5.99. The summed E-state index contributed by atoms with van der Waals surface area (Å²) in [5.74, 6) is 0.582. The van der Waals surface area contributed by atoms with E-state index in [2.05, 4.69) is 48.4 Å². The molecule has 0 unspecified atom stereocenters. The van der Waals surface area contributed by atoms with Gasteiger partial charge in [0.2, 0.25) is 0 Å². The zero-order chi connectivity index (χ0) is 17.1. The van der Waals surface area contributed by atoms with Gasteiger partial charge in [-0.05, 0) is 31.4 Å². The van der Waals surface area contributed by atoms with E-state index in [9.17, 15) is 4.79 Å². The molecule has 1 saturated heterocycles. The molecule has 1 aromatic carbocycles. The molecule has 4 nitrogen and oxygen atoms in total. The number of carbonyl (C=O) groups excluding carboxylic acids is 1. The van der Waals surface area contributed by atoms with Crippen LogP contribution in [-0.2, 0) is 0 Å². The first-order valence-corrected chi connectivity index (χ1v) is 9.49. The van der Waals surface area contributed by atoms with Crippen molar-refractivity contribution in [2.75, 3.05) is 20.1 Å². The Balaban J connectivity index is 0.00000169. The predicted molar refractivity (Wildman–Crippen MR) is 114 cm³/mol. The number of aromatic nitrogens is 1. The highest BCUT2D eigenvalue weighted by molar-refractivity contribution is 7.13. The van der Waals surface area contributed by atoms with Crippen LogP contribution in [0.2, 0.25) is 0 Å². The molecule has 2 heterocycles. The molecule has 1 N–H and O–H groups in total. The molecule has 1 aliphatic heterocycles. The number of piperidine rings is 1. The molecule has 1 amide bonds. The Hall–Kier alpha value is -1.14. The average Bonchev–Trinajstić information content (AvgIpc) is 3.11. The molecule has 144 valence electrons. The minimum atomic E-state index is 0. The van der Waals surface area contributed by atoms with Crippen LogP contribution in [0.3, 0.4) is 0 Å². The summed E-state index contributed by atoms with van der Waals surface area (Å²) in [7, 11) is 1.99. The molecule has 0 bridgehead atoms. The van der Waals surface area contributed by atoms with Gasteiger partial charge in [-0.25, -0.2) is 4.98 Å². The van der Waals surface area contributed by atoms with E-state index < -0.39 is 0 Å². The van der Waals surface area contributed by atoms with Crippen molar-refractivity contribution in [3.63, 3.8) is 0 Å². The molecule has 7 heteroatoms. The molecule has 1 aromatic heterocycles. The predicted octanol–water partition coefficient (Wildman–Crippen LogP) is 4.60. The lowest BCUT2D eigenvalue weighted by Crippen LogP contribution is -2.44. The Morgan fingerprint density at radius 3 is 2.35 bits per heavy atom. The molecule has 26 heavy (non-hydrogen) atoms. The standard InChI is InChI=1S/C19H25N3OS.2ClH/c1-13(2)14-4-6-15(7-5-14)18-21-17(12-24-18)19(23)22-10-8-16(20-3)9-11-22;;/h4-7,12-13,16,20H,8-11H2,1-3H3;2*1H. The number of thiazole rings is 1. The van der Waals surface area contributed by atoms with Gasteiger partial charge in [0.25, 0.3) is 5.91 Å². The number of rotatable bonds is 4. The highest BCUT2D eigenvalue weighted by atomic mass is 35.5.